The van der Waals surface area contributed by atoms with E-state index in [-0.39, 0.29) is 0 Å². The molecule has 39 heavy (non-hydrogen) atoms. The summed E-state index contributed by atoms with van der Waals surface area (Å²) in [5.74, 6) is -2.97. The first-order chi connectivity index (χ1) is 18.2. The van der Waals surface area contributed by atoms with E-state index in [1.54, 1.807) is 41.5 Å². The van der Waals surface area contributed by atoms with E-state index >= 15 is 0 Å². The number of carbonyl (C=O) groups excluding carboxylic acids is 9. The van der Waals surface area contributed by atoms with E-state index in [0.29, 0.717) is 38.5 Å². The average molecular weight is 553 g/mol. The first kappa shape index (κ1) is 32.9. The van der Waals surface area contributed by atoms with E-state index in [9.17, 15) is 43.2 Å². The second-order valence-electron chi connectivity index (χ2n) is 9.08. The number of carbonyl (C=O) groups is 9. The molecule has 216 valence electrons. The van der Waals surface area contributed by atoms with Gasteiger partial charge in [0, 0.05) is 0 Å². The Balaban J connectivity index is 0.000000292. The van der Waals surface area contributed by atoms with Gasteiger partial charge in [-0.05, 0) is 38.5 Å². The molecule has 3 heterocycles. The van der Waals surface area contributed by atoms with Crippen LogP contribution < -0.4 is 31.9 Å². The highest BCUT2D eigenvalue weighted by Crippen LogP contribution is 2.30. The Morgan fingerprint density at radius 3 is 0.564 bits per heavy atom. The maximum Gasteiger partial charge on any atom is 0.328 e. The SMILES string of the molecule is CCC1(CC)C(=O)NC(=O)NC1=O.CCC1(CC)C(=O)NC(=O)NC1=O.CCC1(CC)C(=O)NC(=O)NC1=O. The van der Waals surface area contributed by atoms with Gasteiger partial charge in [-0.1, -0.05) is 41.5 Å². The summed E-state index contributed by atoms with van der Waals surface area (Å²) in [4.78, 5) is 101. The maximum atomic E-state index is 11.4. The van der Waals surface area contributed by atoms with Crippen LogP contribution in [0.3, 0.4) is 0 Å². The molecule has 0 aliphatic carbocycles. The molecule has 15 nitrogen and oxygen atoms in total. The first-order valence-electron chi connectivity index (χ1n) is 12.7. The molecule has 0 aromatic rings. The molecule has 0 atom stereocenters. The summed E-state index contributed by atoms with van der Waals surface area (Å²) in [6.45, 7) is 10.5. The van der Waals surface area contributed by atoms with Crippen molar-refractivity contribution in [2.75, 3.05) is 0 Å². The molecule has 15 heteroatoms. The molecule has 3 rings (SSSR count). The molecule has 3 aliphatic heterocycles. The van der Waals surface area contributed by atoms with Crippen LogP contribution in [0.2, 0.25) is 0 Å². The zero-order valence-electron chi connectivity index (χ0n) is 22.9. The van der Waals surface area contributed by atoms with Crippen LogP contribution in [0.5, 0.6) is 0 Å². The normalized spacial score (nSPS) is 20.9. The molecular formula is C24H36N6O9. The Kier molecular flexibility index (Phi) is 11.0. The number of amides is 12. The highest BCUT2D eigenvalue weighted by atomic mass is 16.2. The van der Waals surface area contributed by atoms with Gasteiger partial charge in [-0.2, -0.15) is 0 Å². The Hall–Kier alpha value is -4.17. The van der Waals surface area contributed by atoms with Crippen LogP contribution >= 0.6 is 0 Å². The molecule has 6 N–H and O–H groups in total. The van der Waals surface area contributed by atoms with Crippen LogP contribution in [0.4, 0.5) is 14.4 Å². The lowest BCUT2D eigenvalue weighted by Gasteiger charge is -2.31. The second-order valence-corrected chi connectivity index (χ2v) is 9.08. The lowest BCUT2D eigenvalue weighted by molar-refractivity contribution is -0.146. The van der Waals surface area contributed by atoms with Crippen molar-refractivity contribution in [2.24, 2.45) is 16.2 Å². The number of imide groups is 6. The maximum absolute atomic E-state index is 11.4. The number of urea groups is 3. The van der Waals surface area contributed by atoms with Crippen molar-refractivity contribution in [3.63, 3.8) is 0 Å². The second kappa shape index (κ2) is 13.1. The first-order valence-corrected chi connectivity index (χ1v) is 12.7. The molecule has 3 fully saturated rings. The molecule has 3 saturated heterocycles. The minimum absolute atomic E-state index is 0.397. The number of hydrogen-bond donors (Lipinski definition) is 6. The van der Waals surface area contributed by atoms with Crippen LogP contribution in [0.1, 0.15) is 80.1 Å². The van der Waals surface area contributed by atoms with Gasteiger partial charge in [0.25, 0.3) is 0 Å². The fourth-order valence-corrected chi connectivity index (χ4v) is 4.42. The van der Waals surface area contributed by atoms with Crippen LogP contribution in [0.25, 0.3) is 0 Å². The summed E-state index contributed by atoms with van der Waals surface area (Å²) in [7, 11) is 0. The molecule has 0 unspecified atom stereocenters. The summed E-state index contributed by atoms with van der Waals surface area (Å²) >= 11 is 0. The minimum atomic E-state index is -1.06. The molecule has 0 radical (unpaired) electrons. The van der Waals surface area contributed by atoms with Crippen molar-refractivity contribution < 1.29 is 43.2 Å². The predicted octanol–water partition coefficient (Wildman–Crippen LogP) is 0.476. The molecule has 0 saturated carbocycles. The molecular weight excluding hydrogens is 516 g/mol. The Labute approximate surface area is 225 Å². The van der Waals surface area contributed by atoms with Crippen molar-refractivity contribution in [3.05, 3.63) is 0 Å². The standard InChI is InChI=1S/3C8H12N2O3/c3*1-3-8(4-2)5(11)9-7(13)10-6(8)12/h3*3-4H2,1-2H3,(H2,9,10,11,12,13). The summed E-state index contributed by atoms with van der Waals surface area (Å²) in [5.41, 5.74) is -3.18. The quantitative estimate of drug-likeness (QED) is 0.251. The van der Waals surface area contributed by atoms with Crippen molar-refractivity contribution in [2.45, 2.75) is 80.1 Å². The van der Waals surface area contributed by atoms with Gasteiger partial charge in [-0.25, -0.2) is 14.4 Å². The van der Waals surface area contributed by atoms with E-state index in [0.717, 1.165) is 0 Å². The third-order valence-corrected chi connectivity index (χ3v) is 7.59. The number of nitrogens with one attached hydrogen (secondary N) is 6. The van der Waals surface area contributed by atoms with Gasteiger partial charge >= 0.3 is 18.1 Å². The summed E-state index contributed by atoms with van der Waals surface area (Å²) in [5, 5.41) is 12.6. The topological polar surface area (TPSA) is 226 Å². The largest absolute Gasteiger partial charge is 0.328 e. The minimum Gasteiger partial charge on any atom is -0.277 e. The van der Waals surface area contributed by atoms with Gasteiger partial charge in [0.05, 0.1) is 0 Å². The Bertz CT molecular complexity index is 873. The van der Waals surface area contributed by atoms with E-state index < -0.39 is 69.8 Å². The van der Waals surface area contributed by atoms with Gasteiger partial charge in [-0.15, -0.1) is 0 Å². The van der Waals surface area contributed by atoms with Gasteiger partial charge in [0.2, 0.25) is 35.4 Å². The van der Waals surface area contributed by atoms with Gasteiger partial charge in [-0.3, -0.25) is 60.7 Å². The fraction of sp³-hybridized carbons (Fsp3) is 0.625. The number of hydrogen-bond acceptors (Lipinski definition) is 9. The van der Waals surface area contributed by atoms with E-state index in [1.165, 1.54) is 0 Å². The van der Waals surface area contributed by atoms with Crippen LogP contribution in [-0.4, -0.2) is 53.5 Å². The third-order valence-electron chi connectivity index (χ3n) is 7.59. The molecule has 12 amide bonds. The Morgan fingerprint density at radius 2 is 0.462 bits per heavy atom. The number of rotatable bonds is 6. The molecule has 0 aromatic carbocycles. The van der Waals surface area contributed by atoms with Gasteiger partial charge in [0.1, 0.15) is 16.2 Å². The fourth-order valence-electron chi connectivity index (χ4n) is 4.42. The van der Waals surface area contributed by atoms with E-state index in [1.807, 2.05) is 0 Å². The lowest BCUT2D eigenvalue weighted by atomic mass is 9.79. The highest BCUT2D eigenvalue weighted by molar-refractivity contribution is 6.20. The predicted molar refractivity (Wildman–Crippen MR) is 134 cm³/mol. The monoisotopic (exact) mass is 552 g/mol. The zero-order valence-corrected chi connectivity index (χ0v) is 22.9. The van der Waals surface area contributed by atoms with E-state index in [4.69, 9.17) is 0 Å². The van der Waals surface area contributed by atoms with E-state index in [2.05, 4.69) is 31.9 Å². The molecule has 0 aromatic heterocycles. The molecule has 0 bridgehead atoms. The lowest BCUT2D eigenvalue weighted by Crippen LogP contribution is -2.61. The summed E-state index contributed by atoms with van der Waals surface area (Å²) in [6.07, 6.45) is 2.38. The third kappa shape index (κ3) is 6.29. The Morgan fingerprint density at radius 1 is 0.333 bits per heavy atom. The summed E-state index contributed by atoms with van der Waals surface area (Å²) < 4.78 is 0. The van der Waals surface area contributed by atoms with Gasteiger partial charge < -0.3 is 0 Å². The van der Waals surface area contributed by atoms with Crippen LogP contribution in [0.15, 0.2) is 0 Å². The van der Waals surface area contributed by atoms with Gasteiger partial charge in [0.15, 0.2) is 0 Å². The van der Waals surface area contributed by atoms with Crippen molar-refractivity contribution in [3.8, 4) is 0 Å². The van der Waals surface area contributed by atoms with Crippen LogP contribution in [0, 0.1) is 16.2 Å². The van der Waals surface area contributed by atoms with Crippen molar-refractivity contribution in [1.29, 1.82) is 0 Å². The van der Waals surface area contributed by atoms with Crippen molar-refractivity contribution in [1.82, 2.24) is 31.9 Å². The average Bonchev–Trinajstić information content (AvgIpc) is 2.86. The molecule has 3 aliphatic rings. The number of barbiturate groups is 3. The zero-order chi connectivity index (χ0) is 30.2. The molecule has 0 spiro atoms. The summed E-state index contributed by atoms with van der Waals surface area (Å²) in [6, 6.07) is -2.19. The van der Waals surface area contributed by atoms with Crippen molar-refractivity contribution >= 4 is 53.5 Å². The highest BCUT2D eigenvalue weighted by Gasteiger charge is 2.49. The smallest absolute Gasteiger partial charge is 0.277 e. The van der Waals surface area contributed by atoms with Crippen LogP contribution in [-0.2, 0) is 28.8 Å².